The smallest absolute Gasteiger partial charge is 0.272 e. The van der Waals surface area contributed by atoms with E-state index in [0.717, 1.165) is 24.9 Å². The first-order valence-corrected chi connectivity index (χ1v) is 8.29. The molecule has 24 heavy (non-hydrogen) atoms. The minimum Gasteiger partial charge on any atom is -0.333 e. The van der Waals surface area contributed by atoms with Crippen molar-refractivity contribution in [1.29, 1.82) is 0 Å². The first-order valence-electron chi connectivity index (χ1n) is 7.91. The Morgan fingerprint density at radius 2 is 2.21 bits per heavy atom. The normalized spacial score (nSPS) is 20.5. The summed E-state index contributed by atoms with van der Waals surface area (Å²) in [6, 6.07) is 9.31. The molecule has 7 heteroatoms. The summed E-state index contributed by atoms with van der Waals surface area (Å²) in [5.41, 5.74) is 7.82. The number of rotatable bonds is 3. The molecule has 3 N–H and O–H groups in total. The van der Waals surface area contributed by atoms with Crippen molar-refractivity contribution in [1.82, 2.24) is 15.1 Å². The van der Waals surface area contributed by atoms with Crippen LogP contribution in [0.1, 0.15) is 30.3 Å². The van der Waals surface area contributed by atoms with Gasteiger partial charge in [0.2, 0.25) is 0 Å². The Labute approximate surface area is 153 Å². The van der Waals surface area contributed by atoms with Crippen LogP contribution in [0.15, 0.2) is 30.3 Å². The molecule has 0 aliphatic carbocycles. The molecule has 1 fully saturated rings. The van der Waals surface area contributed by atoms with Crippen LogP contribution in [-0.4, -0.2) is 40.1 Å². The molecule has 1 aliphatic rings. The van der Waals surface area contributed by atoms with Gasteiger partial charge in [0.25, 0.3) is 5.91 Å². The third kappa shape index (κ3) is 3.74. The molecule has 1 aromatic heterocycles. The van der Waals surface area contributed by atoms with E-state index >= 15 is 0 Å². The van der Waals surface area contributed by atoms with Gasteiger partial charge in [0, 0.05) is 24.7 Å². The number of carbonyl (C=O) groups excluding carboxylic acids is 1. The quantitative estimate of drug-likeness (QED) is 0.871. The third-order valence-electron chi connectivity index (χ3n) is 4.47. The fraction of sp³-hybridized carbons (Fsp3) is 0.412. The Balaban J connectivity index is 0.00000208. The van der Waals surface area contributed by atoms with Crippen LogP contribution in [0.25, 0.3) is 11.3 Å². The lowest BCUT2D eigenvalue weighted by molar-refractivity contribution is 0.0567. The van der Waals surface area contributed by atoms with E-state index in [2.05, 4.69) is 17.1 Å². The summed E-state index contributed by atoms with van der Waals surface area (Å²) in [6.45, 7) is 3.43. The van der Waals surface area contributed by atoms with Gasteiger partial charge in [-0.3, -0.25) is 9.89 Å². The second kappa shape index (κ2) is 8.01. The lowest BCUT2D eigenvalue weighted by atomic mass is 9.92. The van der Waals surface area contributed by atoms with Gasteiger partial charge in [0.15, 0.2) is 0 Å². The average Bonchev–Trinajstić information content (AvgIpc) is 3.04. The number of benzene rings is 1. The Morgan fingerprint density at radius 3 is 2.92 bits per heavy atom. The lowest BCUT2D eigenvalue weighted by Crippen LogP contribution is -2.49. The summed E-state index contributed by atoms with van der Waals surface area (Å²) in [6.07, 6.45) is 1.96. The number of piperidine rings is 1. The summed E-state index contributed by atoms with van der Waals surface area (Å²) >= 11 is 6.19. The molecule has 5 nitrogen and oxygen atoms in total. The molecule has 1 amide bonds. The first kappa shape index (κ1) is 18.8. The Morgan fingerprint density at radius 1 is 1.46 bits per heavy atom. The Bertz CT molecular complexity index is 703. The monoisotopic (exact) mass is 368 g/mol. The number of aromatic nitrogens is 2. The zero-order chi connectivity index (χ0) is 16.4. The van der Waals surface area contributed by atoms with Crippen molar-refractivity contribution in [3.05, 3.63) is 41.0 Å². The highest BCUT2D eigenvalue weighted by atomic mass is 35.5. The van der Waals surface area contributed by atoms with Gasteiger partial charge in [0.1, 0.15) is 5.69 Å². The van der Waals surface area contributed by atoms with E-state index < -0.39 is 0 Å². The number of likely N-dealkylation sites (tertiary alicyclic amines) is 1. The Hall–Kier alpha value is -1.56. The van der Waals surface area contributed by atoms with Crippen LogP contribution in [0.5, 0.6) is 0 Å². The molecule has 0 radical (unpaired) electrons. The molecule has 2 heterocycles. The van der Waals surface area contributed by atoms with E-state index in [4.69, 9.17) is 17.3 Å². The van der Waals surface area contributed by atoms with Crippen molar-refractivity contribution in [2.24, 2.45) is 11.7 Å². The zero-order valence-electron chi connectivity index (χ0n) is 13.5. The van der Waals surface area contributed by atoms with Crippen molar-refractivity contribution < 1.29 is 4.79 Å². The first-order chi connectivity index (χ1) is 11.1. The number of amides is 1. The number of hydrogen-bond donors (Lipinski definition) is 2. The molecule has 0 bridgehead atoms. The van der Waals surface area contributed by atoms with E-state index in [1.807, 2.05) is 29.2 Å². The largest absolute Gasteiger partial charge is 0.333 e. The van der Waals surface area contributed by atoms with Crippen molar-refractivity contribution in [2.75, 3.05) is 13.1 Å². The molecule has 2 atom stereocenters. The van der Waals surface area contributed by atoms with Crippen molar-refractivity contribution >= 4 is 29.9 Å². The minimum atomic E-state index is -0.0434. The van der Waals surface area contributed by atoms with E-state index in [-0.39, 0.29) is 24.4 Å². The average molecular weight is 369 g/mol. The van der Waals surface area contributed by atoms with Crippen LogP contribution in [0, 0.1) is 5.92 Å². The molecule has 0 spiro atoms. The maximum Gasteiger partial charge on any atom is 0.272 e. The molecule has 1 aliphatic heterocycles. The van der Waals surface area contributed by atoms with Gasteiger partial charge < -0.3 is 10.6 Å². The number of H-pyrrole nitrogens is 1. The van der Waals surface area contributed by atoms with Gasteiger partial charge in [-0.1, -0.05) is 36.7 Å². The zero-order valence-corrected chi connectivity index (χ0v) is 15.1. The van der Waals surface area contributed by atoms with Crippen LogP contribution in [0.4, 0.5) is 0 Å². The van der Waals surface area contributed by atoms with Gasteiger partial charge in [-0.15, -0.1) is 12.4 Å². The summed E-state index contributed by atoms with van der Waals surface area (Å²) in [5, 5.41) is 7.70. The maximum absolute atomic E-state index is 12.8. The summed E-state index contributed by atoms with van der Waals surface area (Å²) in [5.74, 6) is 0.561. The third-order valence-corrected chi connectivity index (χ3v) is 4.80. The minimum absolute atomic E-state index is 0. The van der Waals surface area contributed by atoms with Crippen LogP contribution in [-0.2, 0) is 0 Å². The van der Waals surface area contributed by atoms with Crippen molar-refractivity contribution in [3.63, 3.8) is 0 Å². The maximum atomic E-state index is 12.8. The highest BCUT2D eigenvalue weighted by molar-refractivity contribution is 6.33. The van der Waals surface area contributed by atoms with Crippen LogP contribution >= 0.6 is 24.0 Å². The molecule has 130 valence electrons. The van der Waals surface area contributed by atoms with Crippen molar-refractivity contribution in [3.8, 4) is 11.3 Å². The molecule has 1 aromatic carbocycles. The number of carbonyl (C=O) groups is 1. The second-order valence-electron chi connectivity index (χ2n) is 6.16. The van der Waals surface area contributed by atoms with Gasteiger partial charge in [-0.05, 0) is 30.9 Å². The fourth-order valence-electron chi connectivity index (χ4n) is 3.14. The summed E-state index contributed by atoms with van der Waals surface area (Å²) in [4.78, 5) is 14.6. The van der Waals surface area contributed by atoms with Crippen LogP contribution in [0.3, 0.4) is 0 Å². The van der Waals surface area contributed by atoms with Gasteiger partial charge >= 0.3 is 0 Å². The molecule has 2 aromatic rings. The molecule has 2 unspecified atom stereocenters. The number of halogens is 2. The van der Waals surface area contributed by atoms with E-state index in [1.165, 1.54) is 0 Å². The van der Waals surface area contributed by atoms with E-state index in [0.29, 0.717) is 28.9 Å². The number of aromatic amines is 1. The highest BCUT2D eigenvalue weighted by Gasteiger charge is 2.30. The number of nitrogens with one attached hydrogen (secondary N) is 1. The molecule has 3 rings (SSSR count). The topological polar surface area (TPSA) is 75.0 Å². The molecule has 0 saturated carbocycles. The Kier molecular flexibility index (Phi) is 6.27. The number of nitrogens with zero attached hydrogens (tertiary/aromatic N) is 2. The lowest BCUT2D eigenvalue weighted by Gasteiger charge is -2.37. The molecule has 1 saturated heterocycles. The van der Waals surface area contributed by atoms with Crippen LogP contribution < -0.4 is 5.73 Å². The highest BCUT2D eigenvalue weighted by Crippen LogP contribution is 2.28. The van der Waals surface area contributed by atoms with Gasteiger partial charge in [-0.25, -0.2) is 0 Å². The summed E-state index contributed by atoms with van der Waals surface area (Å²) < 4.78 is 0. The van der Waals surface area contributed by atoms with Gasteiger partial charge in [-0.2, -0.15) is 5.10 Å². The summed E-state index contributed by atoms with van der Waals surface area (Å²) in [7, 11) is 0. The van der Waals surface area contributed by atoms with Crippen molar-refractivity contribution in [2.45, 2.75) is 25.8 Å². The predicted octanol–water partition coefficient (Wildman–Crippen LogP) is 3.35. The predicted molar refractivity (Wildman–Crippen MR) is 98.6 cm³/mol. The molecular formula is C17H22Cl2N4O. The van der Waals surface area contributed by atoms with E-state index in [1.54, 1.807) is 6.07 Å². The van der Waals surface area contributed by atoms with E-state index in [9.17, 15) is 4.79 Å². The number of nitrogens with two attached hydrogens (primary N) is 1. The van der Waals surface area contributed by atoms with Gasteiger partial charge in [0.05, 0.1) is 10.7 Å². The number of hydrogen-bond acceptors (Lipinski definition) is 3. The fourth-order valence-corrected chi connectivity index (χ4v) is 3.37. The molecular weight excluding hydrogens is 347 g/mol. The standard InChI is InChI=1S/C17H21ClN4O.ClH/c1-11-6-7-22(12(8-11)10-19)17(23)16-9-15(20-21-16)13-4-2-3-5-14(13)18;/h2-5,9,11-12H,6-8,10,19H2,1H3,(H,20,21);1H. The SMILES string of the molecule is CC1CCN(C(=O)c2cc(-c3ccccc3Cl)n[nH]2)C(CN)C1.Cl. The van der Waals surface area contributed by atoms with Crippen LogP contribution in [0.2, 0.25) is 5.02 Å². The second-order valence-corrected chi connectivity index (χ2v) is 6.57.